The second kappa shape index (κ2) is 11.1. The summed E-state index contributed by atoms with van der Waals surface area (Å²) in [5, 5.41) is 7.35. The van der Waals surface area contributed by atoms with Crippen LogP contribution in [0.15, 0.2) is 83.8 Å². The number of carbonyl (C=O) groups is 1. The number of halogens is 1. The van der Waals surface area contributed by atoms with Crippen LogP contribution in [0.2, 0.25) is 0 Å². The molecule has 1 saturated heterocycles. The molecule has 38 heavy (non-hydrogen) atoms. The highest BCUT2D eigenvalue weighted by molar-refractivity contribution is 5.95. The number of aromatic nitrogens is 2. The van der Waals surface area contributed by atoms with Crippen molar-refractivity contribution in [3.8, 4) is 22.9 Å². The lowest BCUT2D eigenvalue weighted by Crippen LogP contribution is -2.40. The first-order chi connectivity index (χ1) is 18.5. The van der Waals surface area contributed by atoms with E-state index in [9.17, 15) is 14.0 Å². The van der Waals surface area contributed by atoms with Crippen molar-refractivity contribution in [2.45, 2.75) is 0 Å². The Balaban J connectivity index is 1.51. The van der Waals surface area contributed by atoms with Crippen LogP contribution in [0.3, 0.4) is 0 Å². The first kappa shape index (κ1) is 25.0. The fourth-order valence-electron chi connectivity index (χ4n) is 3.99. The van der Waals surface area contributed by atoms with Crippen molar-refractivity contribution < 1.29 is 23.4 Å². The Kier molecular flexibility index (Phi) is 7.32. The lowest BCUT2D eigenvalue weighted by atomic mass is 10.1. The third kappa shape index (κ3) is 5.50. The van der Waals surface area contributed by atoms with Gasteiger partial charge in [-0.2, -0.15) is 9.78 Å². The molecular weight excluding hydrogens is 491 g/mol. The number of methoxy groups -OCH3 is 1. The molecule has 0 radical (unpaired) electrons. The standard InChI is InChI=1S/C28H25FN4O5/c1-36-23-9-11-24(12-10-23)38-25-18-30-33(22-7-5-20(29)6-8-22)28(35)26(25)31-21-4-2-3-19(17-21)27(34)32-13-15-37-16-14-32/h2-12,17-18,31H,13-16H2,1H3. The van der Waals surface area contributed by atoms with Crippen molar-refractivity contribution in [3.63, 3.8) is 0 Å². The topological polar surface area (TPSA) is 94.9 Å². The van der Waals surface area contributed by atoms with Crippen molar-refractivity contribution in [2.24, 2.45) is 0 Å². The first-order valence-electron chi connectivity index (χ1n) is 12.0. The Hall–Kier alpha value is -4.70. The number of hydrogen-bond donors (Lipinski definition) is 1. The third-order valence-corrected chi connectivity index (χ3v) is 5.98. The summed E-state index contributed by atoms with van der Waals surface area (Å²) in [6, 6.07) is 19.2. The Morgan fingerprint density at radius 1 is 1.00 bits per heavy atom. The summed E-state index contributed by atoms with van der Waals surface area (Å²) in [7, 11) is 1.56. The number of nitrogens with one attached hydrogen (secondary N) is 1. The van der Waals surface area contributed by atoms with E-state index >= 15 is 0 Å². The predicted molar refractivity (Wildman–Crippen MR) is 139 cm³/mol. The summed E-state index contributed by atoms with van der Waals surface area (Å²) < 4.78 is 31.2. The SMILES string of the molecule is COc1ccc(Oc2cnn(-c3ccc(F)cc3)c(=O)c2Nc2cccc(C(=O)N3CCOCC3)c2)cc1. The molecule has 1 aliphatic heterocycles. The highest BCUT2D eigenvalue weighted by Gasteiger charge is 2.20. The molecular formula is C28H25FN4O5. The molecule has 194 valence electrons. The van der Waals surface area contributed by atoms with E-state index in [4.69, 9.17) is 14.2 Å². The molecule has 1 fully saturated rings. The van der Waals surface area contributed by atoms with E-state index in [0.29, 0.717) is 54.7 Å². The van der Waals surface area contributed by atoms with Crippen LogP contribution in [-0.4, -0.2) is 54.0 Å². The number of nitrogens with zero attached hydrogens (tertiary/aromatic N) is 3. The van der Waals surface area contributed by atoms with E-state index in [2.05, 4.69) is 10.4 Å². The Labute approximate surface area is 218 Å². The zero-order chi connectivity index (χ0) is 26.5. The number of amides is 1. The van der Waals surface area contributed by atoms with Crippen LogP contribution in [0.4, 0.5) is 15.8 Å². The van der Waals surface area contributed by atoms with Gasteiger partial charge in [0.2, 0.25) is 0 Å². The molecule has 3 aromatic carbocycles. The minimum Gasteiger partial charge on any atom is -0.497 e. The highest BCUT2D eigenvalue weighted by atomic mass is 19.1. The number of ether oxygens (including phenoxy) is 3. The average Bonchev–Trinajstić information content (AvgIpc) is 2.96. The molecule has 1 aromatic heterocycles. The minimum atomic E-state index is -0.521. The van der Waals surface area contributed by atoms with Gasteiger partial charge in [0.25, 0.3) is 11.5 Å². The van der Waals surface area contributed by atoms with E-state index < -0.39 is 11.4 Å². The number of rotatable bonds is 7. The second-order valence-corrected chi connectivity index (χ2v) is 8.47. The maximum absolute atomic E-state index is 13.6. The number of hydrogen-bond acceptors (Lipinski definition) is 7. The van der Waals surface area contributed by atoms with Crippen LogP contribution in [0, 0.1) is 5.82 Å². The van der Waals surface area contributed by atoms with E-state index in [1.807, 2.05) is 0 Å². The van der Waals surface area contributed by atoms with Gasteiger partial charge < -0.3 is 24.4 Å². The number of benzene rings is 3. The van der Waals surface area contributed by atoms with Crippen molar-refractivity contribution in [2.75, 3.05) is 38.7 Å². The summed E-state index contributed by atoms with van der Waals surface area (Å²) in [5.41, 5.74) is 0.940. The maximum Gasteiger partial charge on any atom is 0.299 e. The van der Waals surface area contributed by atoms with E-state index in [1.54, 1.807) is 60.5 Å². The van der Waals surface area contributed by atoms with Crippen molar-refractivity contribution in [3.05, 3.63) is 101 Å². The summed E-state index contributed by atoms with van der Waals surface area (Å²) in [6.45, 7) is 2.03. The van der Waals surface area contributed by atoms with Crippen LogP contribution in [0.5, 0.6) is 17.2 Å². The fourth-order valence-corrected chi connectivity index (χ4v) is 3.99. The van der Waals surface area contributed by atoms with Gasteiger partial charge in [-0.1, -0.05) is 6.07 Å². The van der Waals surface area contributed by atoms with Gasteiger partial charge in [0, 0.05) is 24.3 Å². The quantitative estimate of drug-likeness (QED) is 0.389. The molecule has 10 heteroatoms. The second-order valence-electron chi connectivity index (χ2n) is 8.47. The summed E-state index contributed by atoms with van der Waals surface area (Å²) in [5.74, 6) is 0.739. The molecule has 0 saturated carbocycles. The summed E-state index contributed by atoms with van der Waals surface area (Å²) in [4.78, 5) is 28.3. The van der Waals surface area contributed by atoms with Crippen LogP contribution in [0.1, 0.15) is 10.4 Å². The van der Waals surface area contributed by atoms with E-state index in [-0.39, 0.29) is 17.3 Å². The Morgan fingerprint density at radius 2 is 1.71 bits per heavy atom. The number of morpholine rings is 1. The molecule has 9 nitrogen and oxygen atoms in total. The van der Waals surface area contributed by atoms with E-state index in [0.717, 1.165) is 4.68 Å². The van der Waals surface area contributed by atoms with Crippen LogP contribution in [-0.2, 0) is 4.74 Å². The number of anilines is 2. The lowest BCUT2D eigenvalue weighted by molar-refractivity contribution is 0.0303. The third-order valence-electron chi connectivity index (χ3n) is 5.98. The van der Waals surface area contributed by atoms with Crippen LogP contribution < -0.4 is 20.3 Å². The van der Waals surface area contributed by atoms with Crippen molar-refractivity contribution in [1.82, 2.24) is 14.7 Å². The van der Waals surface area contributed by atoms with E-state index in [1.165, 1.54) is 30.5 Å². The molecule has 0 atom stereocenters. The first-order valence-corrected chi connectivity index (χ1v) is 12.0. The molecule has 1 amide bonds. The molecule has 4 aromatic rings. The monoisotopic (exact) mass is 516 g/mol. The Morgan fingerprint density at radius 3 is 2.42 bits per heavy atom. The molecule has 1 N–H and O–H groups in total. The van der Waals surface area contributed by atoms with Crippen molar-refractivity contribution in [1.29, 1.82) is 0 Å². The molecule has 1 aliphatic rings. The van der Waals surface area contributed by atoms with Crippen molar-refractivity contribution >= 4 is 17.3 Å². The predicted octanol–water partition coefficient (Wildman–Crippen LogP) is 4.39. The van der Waals surface area contributed by atoms with Gasteiger partial charge in [-0.25, -0.2) is 4.39 Å². The molecule has 5 rings (SSSR count). The largest absolute Gasteiger partial charge is 0.497 e. The van der Waals surface area contributed by atoms with Gasteiger partial charge >= 0.3 is 0 Å². The van der Waals surface area contributed by atoms with Crippen LogP contribution in [0.25, 0.3) is 5.69 Å². The molecule has 0 unspecified atom stereocenters. The van der Waals surface area contributed by atoms with Gasteiger partial charge in [0.05, 0.1) is 32.2 Å². The molecule has 0 spiro atoms. The van der Waals surface area contributed by atoms with Gasteiger partial charge in [-0.3, -0.25) is 9.59 Å². The smallest absolute Gasteiger partial charge is 0.299 e. The number of carbonyl (C=O) groups excluding carboxylic acids is 1. The molecule has 2 heterocycles. The fraction of sp³-hybridized carbons (Fsp3) is 0.179. The Bertz CT molecular complexity index is 1480. The van der Waals surface area contributed by atoms with Gasteiger partial charge in [0.15, 0.2) is 11.4 Å². The zero-order valence-electron chi connectivity index (χ0n) is 20.6. The van der Waals surface area contributed by atoms with Crippen LogP contribution >= 0.6 is 0 Å². The lowest BCUT2D eigenvalue weighted by Gasteiger charge is -2.27. The maximum atomic E-state index is 13.6. The van der Waals surface area contributed by atoms with Gasteiger partial charge in [-0.15, -0.1) is 0 Å². The normalized spacial score (nSPS) is 13.2. The van der Waals surface area contributed by atoms with Gasteiger partial charge in [0.1, 0.15) is 17.3 Å². The molecule has 0 bridgehead atoms. The molecule has 0 aliphatic carbocycles. The summed E-state index contributed by atoms with van der Waals surface area (Å²) in [6.07, 6.45) is 1.40. The average molecular weight is 517 g/mol. The minimum absolute atomic E-state index is 0.0936. The highest BCUT2D eigenvalue weighted by Crippen LogP contribution is 2.30. The zero-order valence-corrected chi connectivity index (χ0v) is 20.6. The summed E-state index contributed by atoms with van der Waals surface area (Å²) >= 11 is 0. The van der Waals surface area contributed by atoms with Gasteiger partial charge in [-0.05, 0) is 66.7 Å².